The highest BCUT2D eigenvalue weighted by atomic mass is 79.9. The first kappa shape index (κ1) is 8.62. The van der Waals surface area contributed by atoms with Crippen molar-refractivity contribution in [3.8, 4) is 0 Å². The van der Waals surface area contributed by atoms with E-state index in [1.165, 1.54) is 0 Å². The van der Waals surface area contributed by atoms with Gasteiger partial charge in [-0.2, -0.15) is 5.10 Å². The fourth-order valence-corrected chi connectivity index (χ4v) is 1.54. The second kappa shape index (κ2) is 2.77. The van der Waals surface area contributed by atoms with Crippen molar-refractivity contribution in [2.45, 2.75) is 18.3 Å². The van der Waals surface area contributed by atoms with Crippen molar-refractivity contribution in [2.75, 3.05) is 0 Å². The van der Waals surface area contributed by atoms with Gasteiger partial charge in [-0.25, -0.2) is 0 Å². The predicted octanol–water partition coefficient (Wildman–Crippen LogP) is 0.756. The van der Waals surface area contributed by atoms with E-state index in [2.05, 4.69) is 26.1 Å². The Morgan fingerprint density at radius 3 is 2.54 bits per heavy atom. The second-order valence-corrected chi connectivity index (χ2v) is 4.00. The molecule has 1 amide bonds. The van der Waals surface area contributed by atoms with E-state index in [0.29, 0.717) is 10.3 Å². The molecule has 2 N–H and O–H groups in total. The molecule has 0 spiro atoms. The van der Waals surface area contributed by atoms with Crippen molar-refractivity contribution >= 4 is 21.8 Å². The molecule has 2 rings (SSSR count). The lowest BCUT2D eigenvalue weighted by atomic mass is 10.0. The summed E-state index contributed by atoms with van der Waals surface area (Å²) in [5, 5.41) is 7.76. The molecule has 1 heterocycles. The average molecular weight is 242 g/mol. The Kier molecular flexibility index (Phi) is 1.83. The van der Waals surface area contributed by atoms with Crippen LogP contribution in [-0.2, 0) is 10.2 Å². The van der Waals surface area contributed by atoms with E-state index >= 15 is 0 Å². The van der Waals surface area contributed by atoms with Gasteiger partial charge in [0.05, 0.1) is 11.1 Å². The van der Waals surface area contributed by atoms with Gasteiger partial charge in [0, 0.05) is 0 Å². The number of nitrogens with zero attached hydrogens (tertiary/aromatic N) is 2. The van der Waals surface area contributed by atoms with Gasteiger partial charge in [-0.1, -0.05) is 0 Å². The zero-order valence-electron chi connectivity index (χ0n) is 6.83. The number of primary amides is 1. The molecule has 0 radical (unpaired) electrons. The maximum atomic E-state index is 11.1. The highest BCUT2D eigenvalue weighted by Gasteiger charge is 2.51. The van der Waals surface area contributed by atoms with Crippen LogP contribution < -0.4 is 5.73 Å². The van der Waals surface area contributed by atoms with E-state index in [9.17, 15) is 4.79 Å². The molecule has 68 valence electrons. The van der Waals surface area contributed by atoms with Crippen LogP contribution in [0.4, 0.5) is 0 Å². The number of hydrogen-bond acceptors (Lipinski definition) is 3. The highest BCUT2D eigenvalue weighted by molar-refractivity contribution is 9.10. The molecule has 0 saturated heterocycles. The summed E-state index contributed by atoms with van der Waals surface area (Å²) in [6.45, 7) is 0. The molecule has 5 heteroatoms. The topological polar surface area (TPSA) is 68.9 Å². The Labute approximate surface area is 83.7 Å². The number of carbonyl (C=O) groups is 1. The Hall–Kier alpha value is -0.970. The van der Waals surface area contributed by atoms with Crippen molar-refractivity contribution in [2.24, 2.45) is 5.73 Å². The van der Waals surface area contributed by atoms with E-state index in [1.807, 2.05) is 0 Å². The van der Waals surface area contributed by atoms with E-state index in [-0.39, 0.29) is 5.91 Å². The van der Waals surface area contributed by atoms with E-state index < -0.39 is 5.41 Å². The normalized spacial score (nSPS) is 18.2. The van der Waals surface area contributed by atoms with Crippen LogP contribution in [-0.4, -0.2) is 16.1 Å². The minimum Gasteiger partial charge on any atom is -0.369 e. The SMILES string of the molecule is NC(=O)C1(c2ccc(Br)nn2)CC1. The third kappa shape index (κ3) is 1.33. The second-order valence-electron chi connectivity index (χ2n) is 3.19. The molecule has 0 unspecified atom stereocenters. The maximum absolute atomic E-state index is 11.1. The van der Waals surface area contributed by atoms with Gasteiger partial charge in [0.1, 0.15) is 4.60 Å². The molecule has 0 atom stereocenters. The van der Waals surface area contributed by atoms with Gasteiger partial charge < -0.3 is 5.73 Å². The standard InChI is InChI=1S/C8H8BrN3O/c9-6-2-1-5(11-12-6)8(3-4-8)7(10)13/h1-2H,3-4H2,(H2,10,13). The molecule has 0 aromatic carbocycles. The number of hydrogen-bond donors (Lipinski definition) is 1. The molecule has 1 aromatic rings. The molecular weight excluding hydrogens is 234 g/mol. The summed E-state index contributed by atoms with van der Waals surface area (Å²) in [5.41, 5.74) is 5.45. The highest BCUT2D eigenvalue weighted by Crippen LogP contribution is 2.46. The van der Waals surface area contributed by atoms with Gasteiger partial charge in [-0.3, -0.25) is 4.79 Å². The smallest absolute Gasteiger partial charge is 0.229 e. The van der Waals surface area contributed by atoms with Gasteiger partial charge in [0.15, 0.2) is 0 Å². The monoisotopic (exact) mass is 241 g/mol. The van der Waals surface area contributed by atoms with Crippen LogP contribution in [0.3, 0.4) is 0 Å². The van der Waals surface area contributed by atoms with Crippen molar-refractivity contribution in [1.82, 2.24) is 10.2 Å². The molecule has 0 aliphatic heterocycles. The number of aromatic nitrogens is 2. The van der Waals surface area contributed by atoms with Crippen LogP contribution in [0.15, 0.2) is 16.7 Å². The van der Waals surface area contributed by atoms with Gasteiger partial charge in [-0.15, -0.1) is 5.10 Å². The molecule has 0 bridgehead atoms. The minimum absolute atomic E-state index is 0.302. The van der Waals surface area contributed by atoms with Crippen molar-refractivity contribution < 1.29 is 4.79 Å². The molecular formula is C8H8BrN3O. The van der Waals surface area contributed by atoms with Crippen LogP contribution in [0, 0.1) is 0 Å². The molecule has 4 nitrogen and oxygen atoms in total. The summed E-state index contributed by atoms with van der Waals surface area (Å²) >= 11 is 3.18. The van der Waals surface area contributed by atoms with Gasteiger partial charge >= 0.3 is 0 Å². The molecule has 13 heavy (non-hydrogen) atoms. The number of carbonyl (C=O) groups excluding carboxylic acids is 1. The largest absolute Gasteiger partial charge is 0.369 e. The van der Waals surface area contributed by atoms with E-state index in [4.69, 9.17) is 5.73 Å². The average Bonchev–Trinajstić information content (AvgIpc) is 2.86. The van der Waals surface area contributed by atoms with Gasteiger partial charge in [0.25, 0.3) is 0 Å². The predicted molar refractivity (Wildman–Crippen MR) is 49.8 cm³/mol. The Bertz CT molecular complexity index is 345. The number of amides is 1. The minimum atomic E-state index is -0.520. The Morgan fingerprint density at radius 1 is 1.46 bits per heavy atom. The van der Waals surface area contributed by atoms with Gasteiger partial charge in [-0.05, 0) is 40.9 Å². The van der Waals surface area contributed by atoms with Crippen LogP contribution in [0.5, 0.6) is 0 Å². The van der Waals surface area contributed by atoms with Crippen molar-refractivity contribution in [3.63, 3.8) is 0 Å². The zero-order chi connectivity index (χ0) is 9.47. The zero-order valence-corrected chi connectivity index (χ0v) is 8.41. The van der Waals surface area contributed by atoms with E-state index in [0.717, 1.165) is 12.8 Å². The number of rotatable bonds is 2. The first-order chi connectivity index (χ1) is 6.15. The summed E-state index contributed by atoms with van der Waals surface area (Å²) in [6.07, 6.45) is 1.58. The molecule has 1 fully saturated rings. The summed E-state index contributed by atoms with van der Waals surface area (Å²) in [4.78, 5) is 11.1. The first-order valence-corrected chi connectivity index (χ1v) is 4.74. The third-order valence-electron chi connectivity index (χ3n) is 2.34. The molecule has 1 aliphatic rings. The molecule has 1 aliphatic carbocycles. The lowest BCUT2D eigenvalue weighted by Gasteiger charge is -2.07. The number of nitrogens with two attached hydrogens (primary N) is 1. The van der Waals surface area contributed by atoms with Crippen molar-refractivity contribution in [1.29, 1.82) is 0 Å². The lowest BCUT2D eigenvalue weighted by molar-refractivity contribution is -0.120. The maximum Gasteiger partial charge on any atom is 0.229 e. The van der Waals surface area contributed by atoms with Crippen LogP contribution in [0.2, 0.25) is 0 Å². The summed E-state index contributed by atoms with van der Waals surface area (Å²) in [7, 11) is 0. The Balaban J connectivity index is 2.36. The fraction of sp³-hybridized carbons (Fsp3) is 0.375. The van der Waals surface area contributed by atoms with Crippen LogP contribution >= 0.6 is 15.9 Å². The van der Waals surface area contributed by atoms with Gasteiger partial charge in [0.2, 0.25) is 5.91 Å². The lowest BCUT2D eigenvalue weighted by Crippen LogP contribution is -2.29. The van der Waals surface area contributed by atoms with Crippen LogP contribution in [0.25, 0.3) is 0 Å². The first-order valence-electron chi connectivity index (χ1n) is 3.95. The summed E-state index contributed by atoms with van der Waals surface area (Å²) in [6, 6.07) is 3.56. The molecule has 1 saturated carbocycles. The third-order valence-corrected chi connectivity index (χ3v) is 2.77. The van der Waals surface area contributed by atoms with Crippen LogP contribution in [0.1, 0.15) is 18.5 Å². The van der Waals surface area contributed by atoms with E-state index in [1.54, 1.807) is 12.1 Å². The summed E-state index contributed by atoms with van der Waals surface area (Å²) < 4.78 is 0.663. The summed E-state index contributed by atoms with van der Waals surface area (Å²) in [5.74, 6) is -0.302. The molecule has 1 aromatic heterocycles. The number of halogens is 1. The van der Waals surface area contributed by atoms with Crippen molar-refractivity contribution in [3.05, 3.63) is 22.4 Å². The fourth-order valence-electron chi connectivity index (χ4n) is 1.32. The quantitative estimate of drug-likeness (QED) is 0.832. The Morgan fingerprint density at radius 2 is 2.15 bits per heavy atom.